The number of hydrogen-bond donors (Lipinski definition) is 2. The van der Waals surface area contributed by atoms with Crippen molar-refractivity contribution in [3.63, 3.8) is 0 Å². The molecule has 1 atom stereocenters. The van der Waals surface area contributed by atoms with Crippen molar-refractivity contribution in [2.45, 2.75) is 50.1 Å². The highest BCUT2D eigenvalue weighted by Crippen LogP contribution is 2.40. The van der Waals surface area contributed by atoms with Crippen LogP contribution in [-0.4, -0.2) is 51.0 Å². The molecule has 10 nitrogen and oxygen atoms in total. The number of thioether (sulfide) groups is 1. The molecule has 2 aromatic heterocycles. The number of aromatic nitrogens is 3. The van der Waals surface area contributed by atoms with Gasteiger partial charge in [0.25, 0.3) is 5.91 Å². The Morgan fingerprint density at radius 2 is 1.97 bits per heavy atom. The molecule has 0 aliphatic heterocycles. The first-order valence-electron chi connectivity index (χ1n) is 12.1. The van der Waals surface area contributed by atoms with Crippen molar-refractivity contribution < 1.29 is 23.9 Å². The summed E-state index contributed by atoms with van der Waals surface area (Å²) >= 11 is 8.52. The zero-order valence-corrected chi connectivity index (χ0v) is 23.6. The van der Waals surface area contributed by atoms with Crippen molar-refractivity contribution in [1.82, 2.24) is 20.1 Å². The molecule has 3 aromatic rings. The lowest BCUT2D eigenvalue weighted by atomic mass is 10.1. The Morgan fingerprint density at radius 1 is 1.21 bits per heavy atom. The molecule has 0 bridgehead atoms. The molecule has 4 rings (SSSR count). The van der Waals surface area contributed by atoms with E-state index in [9.17, 15) is 14.4 Å². The summed E-state index contributed by atoms with van der Waals surface area (Å²) in [6, 6.07) is 6.73. The summed E-state index contributed by atoms with van der Waals surface area (Å²) in [5, 5.41) is 15.1. The molecule has 0 fully saturated rings. The van der Waals surface area contributed by atoms with Gasteiger partial charge in [-0.15, -0.1) is 21.5 Å². The molecule has 202 valence electrons. The first-order chi connectivity index (χ1) is 18.3. The van der Waals surface area contributed by atoms with Gasteiger partial charge in [-0.1, -0.05) is 23.4 Å². The summed E-state index contributed by atoms with van der Waals surface area (Å²) in [7, 11) is 1.77. The van der Waals surface area contributed by atoms with Crippen molar-refractivity contribution in [3.8, 4) is 5.75 Å². The maximum absolute atomic E-state index is 13.0. The molecule has 0 saturated carbocycles. The van der Waals surface area contributed by atoms with Crippen LogP contribution in [0.25, 0.3) is 0 Å². The predicted octanol–water partition coefficient (Wildman–Crippen LogP) is 4.01. The average Bonchev–Trinajstić information content (AvgIpc) is 3.57. The topological polar surface area (TPSA) is 124 Å². The molecule has 1 aliphatic rings. The molecular formula is C25H28ClN5O5S2. The standard InChI is InChI=1S/C25H28ClN5O5S2/c1-4-35-24(34)21-17-6-5-7-18(17)38-23(21)28-22(33)14(2)37-25-30-29-19(31(25)3)12-27-20(32)13-36-16-10-8-15(26)9-11-16/h8-11,14H,4-7,12-13H2,1-3H3,(H,27,32)(H,28,33)/t14-/m0/s1. The lowest BCUT2D eigenvalue weighted by Crippen LogP contribution is -2.29. The van der Waals surface area contributed by atoms with Crippen LogP contribution in [0.1, 0.15) is 46.9 Å². The van der Waals surface area contributed by atoms with Gasteiger partial charge in [0, 0.05) is 16.9 Å². The largest absolute Gasteiger partial charge is 0.484 e. The number of rotatable bonds is 11. The minimum absolute atomic E-state index is 0.150. The fourth-order valence-electron chi connectivity index (χ4n) is 3.85. The van der Waals surface area contributed by atoms with Gasteiger partial charge in [-0.05, 0) is 62.9 Å². The molecular weight excluding hydrogens is 550 g/mol. The van der Waals surface area contributed by atoms with E-state index < -0.39 is 11.2 Å². The lowest BCUT2D eigenvalue weighted by Gasteiger charge is -2.12. The summed E-state index contributed by atoms with van der Waals surface area (Å²) in [5.41, 5.74) is 1.47. The number of nitrogens with zero attached hydrogens (tertiary/aromatic N) is 3. The number of benzene rings is 1. The molecule has 2 N–H and O–H groups in total. The van der Waals surface area contributed by atoms with Crippen LogP contribution in [0.15, 0.2) is 29.4 Å². The fraction of sp³-hybridized carbons (Fsp3) is 0.400. The maximum atomic E-state index is 13.0. The van der Waals surface area contributed by atoms with Gasteiger partial charge >= 0.3 is 5.97 Å². The van der Waals surface area contributed by atoms with Crippen molar-refractivity contribution >= 4 is 57.5 Å². The third-order valence-corrected chi connectivity index (χ3v) is 8.43. The summed E-state index contributed by atoms with van der Waals surface area (Å²) < 4.78 is 12.4. The van der Waals surface area contributed by atoms with E-state index in [4.69, 9.17) is 21.1 Å². The van der Waals surface area contributed by atoms with Gasteiger partial charge in [0.2, 0.25) is 5.91 Å². The van der Waals surface area contributed by atoms with Crippen LogP contribution >= 0.6 is 34.7 Å². The normalized spacial score (nSPS) is 13.1. The van der Waals surface area contributed by atoms with E-state index in [1.807, 2.05) is 0 Å². The summed E-state index contributed by atoms with van der Waals surface area (Å²) in [6.45, 7) is 3.79. The van der Waals surface area contributed by atoms with Crippen LogP contribution in [0.5, 0.6) is 5.75 Å². The predicted molar refractivity (Wildman–Crippen MR) is 146 cm³/mol. The van der Waals surface area contributed by atoms with E-state index >= 15 is 0 Å². The third kappa shape index (κ3) is 6.66. The molecule has 0 spiro atoms. The second kappa shape index (κ2) is 12.6. The Hall–Kier alpha value is -3.09. The van der Waals surface area contributed by atoms with Gasteiger partial charge in [-0.25, -0.2) is 4.79 Å². The van der Waals surface area contributed by atoms with Crippen LogP contribution in [0.3, 0.4) is 0 Å². The van der Waals surface area contributed by atoms with E-state index in [1.165, 1.54) is 23.1 Å². The molecule has 1 aromatic carbocycles. The minimum Gasteiger partial charge on any atom is -0.484 e. The minimum atomic E-state index is -0.514. The zero-order chi connectivity index (χ0) is 27.2. The third-order valence-electron chi connectivity index (χ3n) is 5.84. The first kappa shape index (κ1) is 27.9. The lowest BCUT2D eigenvalue weighted by molar-refractivity contribution is -0.123. The van der Waals surface area contributed by atoms with Gasteiger partial charge in [-0.2, -0.15) is 0 Å². The summed E-state index contributed by atoms with van der Waals surface area (Å²) in [6.07, 6.45) is 2.71. The first-order valence-corrected chi connectivity index (χ1v) is 14.2. The second-order valence-corrected chi connectivity index (χ2v) is 11.4. The number of halogens is 1. The summed E-state index contributed by atoms with van der Waals surface area (Å²) in [4.78, 5) is 38.9. The number of fused-ring (bicyclic) bond motifs is 1. The smallest absolute Gasteiger partial charge is 0.341 e. The number of carbonyl (C=O) groups excluding carboxylic acids is 3. The summed E-state index contributed by atoms with van der Waals surface area (Å²) in [5.74, 6) is 0.0961. The zero-order valence-electron chi connectivity index (χ0n) is 21.2. The molecule has 2 heterocycles. The quantitative estimate of drug-likeness (QED) is 0.259. The van der Waals surface area contributed by atoms with E-state index in [0.717, 1.165) is 29.7 Å². The fourth-order valence-corrected chi connectivity index (χ4v) is 6.09. The molecule has 2 amide bonds. The van der Waals surface area contributed by atoms with Gasteiger partial charge < -0.3 is 24.7 Å². The Labute approximate surface area is 233 Å². The van der Waals surface area contributed by atoms with Crippen LogP contribution < -0.4 is 15.4 Å². The van der Waals surface area contributed by atoms with Crippen LogP contribution in [0.2, 0.25) is 5.02 Å². The van der Waals surface area contributed by atoms with Crippen LogP contribution in [-0.2, 0) is 40.8 Å². The van der Waals surface area contributed by atoms with E-state index in [-0.39, 0.29) is 31.6 Å². The number of anilines is 1. The number of hydrogen-bond acceptors (Lipinski definition) is 9. The highest BCUT2D eigenvalue weighted by atomic mass is 35.5. The van der Waals surface area contributed by atoms with Crippen molar-refractivity contribution in [3.05, 3.63) is 51.1 Å². The van der Waals surface area contributed by atoms with Gasteiger partial charge in [0.15, 0.2) is 17.6 Å². The van der Waals surface area contributed by atoms with E-state index in [2.05, 4.69) is 20.8 Å². The monoisotopic (exact) mass is 577 g/mol. The Kier molecular flexibility index (Phi) is 9.29. The van der Waals surface area contributed by atoms with Gasteiger partial charge in [0.05, 0.1) is 24.0 Å². The molecule has 1 aliphatic carbocycles. The van der Waals surface area contributed by atoms with Gasteiger partial charge in [0.1, 0.15) is 10.8 Å². The SMILES string of the molecule is CCOC(=O)c1c(NC(=O)[C@H](C)Sc2nnc(CNC(=O)COc3ccc(Cl)cc3)n2C)sc2c1CCC2. The number of thiophene rings is 1. The molecule has 13 heteroatoms. The molecule has 0 saturated heterocycles. The number of esters is 1. The number of aryl methyl sites for hydroxylation is 1. The molecule has 38 heavy (non-hydrogen) atoms. The number of ether oxygens (including phenoxy) is 2. The van der Waals surface area contributed by atoms with Crippen molar-refractivity contribution in [2.75, 3.05) is 18.5 Å². The number of nitrogens with one attached hydrogen (secondary N) is 2. The highest BCUT2D eigenvalue weighted by Gasteiger charge is 2.29. The Balaban J connectivity index is 1.31. The van der Waals surface area contributed by atoms with E-state index in [1.54, 1.807) is 49.7 Å². The van der Waals surface area contributed by atoms with Crippen LogP contribution in [0, 0.1) is 0 Å². The van der Waals surface area contributed by atoms with E-state index in [0.29, 0.717) is 32.3 Å². The number of carbonyl (C=O) groups is 3. The Bertz CT molecular complexity index is 1320. The molecule has 0 radical (unpaired) electrons. The second-order valence-electron chi connectivity index (χ2n) is 8.51. The van der Waals surface area contributed by atoms with Crippen molar-refractivity contribution in [2.24, 2.45) is 7.05 Å². The van der Waals surface area contributed by atoms with Gasteiger partial charge in [-0.3, -0.25) is 9.59 Å². The van der Waals surface area contributed by atoms with Crippen molar-refractivity contribution in [1.29, 1.82) is 0 Å². The average molecular weight is 578 g/mol. The maximum Gasteiger partial charge on any atom is 0.341 e. The number of amides is 2. The van der Waals surface area contributed by atoms with Crippen LogP contribution in [0.4, 0.5) is 5.00 Å². The highest BCUT2D eigenvalue weighted by molar-refractivity contribution is 8.00. The Morgan fingerprint density at radius 3 is 2.71 bits per heavy atom. The molecule has 0 unspecified atom stereocenters.